The predicted octanol–water partition coefficient (Wildman–Crippen LogP) is 1.92. The lowest BCUT2D eigenvalue weighted by atomic mass is 10.1. The highest BCUT2D eigenvalue weighted by atomic mass is 16.2. The third-order valence-corrected chi connectivity index (χ3v) is 5.40. The standard InChI is InChI=1S/C18H26N6O/c1-4-23-15(7-8-19-23)18(25)24-13-5-6-14(24)11-22-16(9-12(2)3)20-21-17(22)10-13/h7-8,12-14H,4-6,9-11H2,1-3H3/t13-,14+/m0/s1. The molecule has 2 bridgehead atoms. The lowest BCUT2D eigenvalue weighted by Gasteiger charge is -2.28. The van der Waals surface area contributed by atoms with Gasteiger partial charge >= 0.3 is 0 Å². The summed E-state index contributed by atoms with van der Waals surface area (Å²) in [6, 6.07) is 2.27. The van der Waals surface area contributed by atoms with Crippen LogP contribution in [0.4, 0.5) is 0 Å². The van der Waals surface area contributed by atoms with Crippen molar-refractivity contribution < 1.29 is 4.79 Å². The normalized spacial score (nSPS) is 22.3. The van der Waals surface area contributed by atoms with Gasteiger partial charge in [0.2, 0.25) is 0 Å². The second-order valence-corrected chi connectivity index (χ2v) is 7.57. The number of hydrogen-bond donors (Lipinski definition) is 0. The Morgan fingerprint density at radius 1 is 1.28 bits per heavy atom. The van der Waals surface area contributed by atoms with Gasteiger partial charge in [-0.05, 0) is 31.7 Å². The zero-order valence-corrected chi connectivity index (χ0v) is 15.2. The van der Waals surface area contributed by atoms with Crippen LogP contribution < -0.4 is 0 Å². The van der Waals surface area contributed by atoms with Gasteiger partial charge in [0, 0.05) is 38.2 Å². The molecule has 4 rings (SSSR count). The molecule has 0 spiro atoms. The number of rotatable bonds is 4. The molecule has 1 amide bonds. The van der Waals surface area contributed by atoms with E-state index < -0.39 is 0 Å². The fourth-order valence-electron chi connectivity index (χ4n) is 4.24. The molecule has 0 unspecified atom stereocenters. The molecule has 2 atom stereocenters. The zero-order valence-electron chi connectivity index (χ0n) is 15.2. The summed E-state index contributed by atoms with van der Waals surface area (Å²) in [6.07, 6.45) is 5.54. The lowest BCUT2D eigenvalue weighted by Crippen LogP contribution is -2.43. The van der Waals surface area contributed by atoms with Crippen molar-refractivity contribution in [3.63, 3.8) is 0 Å². The molecule has 1 fully saturated rings. The van der Waals surface area contributed by atoms with Gasteiger partial charge in [-0.2, -0.15) is 5.10 Å². The maximum absolute atomic E-state index is 13.2. The van der Waals surface area contributed by atoms with Crippen LogP contribution in [0, 0.1) is 5.92 Å². The number of hydrogen-bond acceptors (Lipinski definition) is 4. The maximum Gasteiger partial charge on any atom is 0.272 e. The second kappa shape index (κ2) is 6.28. The highest BCUT2D eigenvalue weighted by Crippen LogP contribution is 2.33. The molecule has 0 radical (unpaired) electrons. The van der Waals surface area contributed by atoms with Crippen LogP contribution in [-0.4, -0.2) is 47.4 Å². The number of nitrogens with zero attached hydrogens (tertiary/aromatic N) is 6. The number of aromatic nitrogens is 5. The van der Waals surface area contributed by atoms with E-state index in [4.69, 9.17) is 0 Å². The average molecular weight is 342 g/mol. The summed E-state index contributed by atoms with van der Waals surface area (Å²) in [6.45, 7) is 7.94. The number of amides is 1. The topological polar surface area (TPSA) is 68.8 Å². The van der Waals surface area contributed by atoms with Gasteiger partial charge in [0.05, 0.1) is 6.04 Å². The number of carbonyl (C=O) groups is 1. The summed E-state index contributed by atoms with van der Waals surface area (Å²) in [4.78, 5) is 15.3. The van der Waals surface area contributed by atoms with E-state index in [-0.39, 0.29) is 18.0 Å². The van der Waals surface area contributed by atoms with Gasteiger partial charge in [-0.1, -0.05) is 13.8 Å². The molecule has 0 N–H and O–H groups in total. The molecule has 0 aromatic carbocycles. The van der Waals surface area contributed by atoms with E-state index in [1.807, 2.05) is 13.0 Å². The second-order valence-electron chi connectivity index (χ2n) is 7.57. The Morgan fingerprint density at radius 2 is 2.08 bits per heavy atom. The highest BCUT2D eigenvalue weighted by molar-refractivity contribution is 5.93. The average Bonchev–Trinajstić information content (AvgIpc) is 3.24. The molecule has 2 aliphatic rings. The minimum absolute atomic E-state index is 0.107. The SMILES string of the molecule is CCn1nccc1C(=O)N1[C@@H]2CC[C@H]1Cc1nnc(CC(C)C)n1C2. The largest absolute Gasteiger partial charge is 0.329 e. The Balaban J connectivity index is 1.63. The third-order valence-electron chi connectivity index (χ3n) is 5.40. The highest BCUT2D eigenvalue weighted by Gasteiger charge is 2.42. The van der Waals surface area contributed by atoms with E-state index in [9.17, 15) is 4.79 Å². The van der Waals surface area contributed by atoms with Crippen LogP contribution in [0.1, 0.15) is 55.8 Å². The first-order chi connectivity index (χ1) is 12.1. The third kappa shape index (κ3) is 2.75. The minimum Gasteiger partial charge on any atom is -0.329 e. The monoisotopic (exact) mass is 342 g/mol. The first-order valence-corrected chi connectivity index (χ1v) is 9.33. The van der Waals surface area contributed by atoms with Crippen molar-refractivity contribution in [1.82, 2.24) is 29.4 Å². The van der Waals surface area contributed by atoms with Crippen LogP contribution in [0.2, 0.25) is 0 Å². The molecular weight excluding hydrogens is 316 g/mol. The van der Waals surface area contributed by atoms with E-state index in [0.29, 0.717) is 18.2 Å². The van der Waals surface area contributed by atoms with Gasteiger partial charge in [0.25, 0.3) is 5.91 Å². The van der Waals surface area contributed by atoms with Crippen molar-refractivity contribution in [3.8, 4) is 0 Å². The molecule has 134 valence electrons. The van der Waals surface area contributed by atoms with Crippen molar-refractivity contribution in [3.05, 3.63) is 29.6 Å². The number of carbonyl (C=O) groups excluding carboxylic acids is 1. The molecule has 0 saturated carbocycles. The first kappa shape index (κ1) is 16.3. The smallest absolute Gasteiger partial charge is 0.272 e. The molecule has 4 heterocycles. The summed E-state index contributed by atoms with van der Waals surface area (Å²) < 4.78 is 4.05. The molecule has 7 nitrogen and oxygen atoms in total. The van der Waals surface area contributed by atoms with Crippen LogP contribution >= 0.6 is 0 Å². The van der Waals surface area contributed by atoms with Crippen LogP contribution in [-0.2, 0) is 25.9 Å². The first-order valence-electron chi connectivity index (χ1n) is 9.33. The van der Waals surface area contributed by atoms with E-state index in [1.54, 1.807) is 10.9 Å². The van der Waals surface area contributed by atoms with Gasteiger partial charge in [0.15, 0.2) is 0 Å². The van der Waals surface area contributed by atoms with Gasteiger partial charge in [-0.3, -0.25) is 9.48 Å². The van der Waals surface area contributed by atoms with Crippen molar-refractivity contribution >= 4 is 5.91 Å². The molecular formula is C18H26N6O. The molecule has 2 aromatic rings. The fourth-order valence-corrected chi connectivity index (χ4v) is 4.24. The minimum atomic E-state index is 0.107. The van der Waals surface area contributed by atoms with Gasteiger partial charge in [0.1, 0.15) is 17.3 Å². The van der Waals surface area contributed by atoms with Gasteiger partial charge in [-0.25, -0.2) is 0 Å². The molecule has 2 aliphatic heterocycles. The Bertz CT molecular complexity index is 776. The van der Waals surface area contributed by atoms with Crippen molar-refractivity contribution in [2.75, 3.05) is 0 Å². The molecule has 2 aromatic heterocycles. The quantitative estimate of drug-likeness (QED) is 0.851. The number of fused-ring (bicyclic) bond motifs is 3. The molecule has 25 heavy (non-hydrogen) atoms. The van der Waals surface area contributed by atoms with Crippen LogP contribution in [0.5, 0.6) is 0 Å². The Kier molecular flexibility index (Phi) is 4.09. The maximum atomic E-state index is 13.2. The lowest BCUT2D eigenvalue weighted by molar-refractivity contribution is 0.0652. The Morgan fingerprint density at radius 3 is 2.84 bits per heavy atom. The van der Waals surface area contributed by atoms with Gasteiger partial charge in [-0.15, -0.1) is 10.2 Å². The van der Waals surface area contributed by atoms with Crippen LogP contribution in [0.3, 0.4) is 0 Å². The van der Waals surface area contributed by atoms with Crippen molar-refractivity contribution in [2.45, 2.75) is 71.6 Å². The molecule has 7 heteroatoms. The van der Waals surface area contributed by atoms with E-state index in [0.717, 1.165) is 43.9 Å². The molecule has 1 saturated heterocycles. The van der Waals surface area contributed by atoms with Crippen molar-refractivity contribution in [1.29, 1.82) is 0 Å². The van der Waals surface area contributed by atoms with Crippen molar-refractivity contribution in [2.24, 2.45) is 5.92 Å². The van der Waals surface area contributed by atoms with Gasteiger partial charge < -0.3 is 9.47 Å². The van der Waals surface area contributed by atoms with E-state index >= 15 is 0 Å². The fraction of sp³-hybridized carbons (Fsp3) is 0.667. The predicted molar refractivity (Wildman–Crippen MR) is 93.1 cm³/mol. The Hall–Kier alpha value is -2.18. The summed E-state index contributed by atoms with van der Waals surface area (Å²) in [5.74, 6) is 2.74. The number of aryl methyl sites for hydroxylation is 1. The summed E-state index contributed by atoms with van der Waals surface area (Å²) in [5.41, 5.74) is 0.694. The summed E-state index contributed by atoms with van der Waals surface area (Å²) >= 11 is 0. The summed E-state index contributed by atoms with van der Waals surface area (Å²) in [5, 5.41) is 13.1. The Labute approximate surface area is 148 Å². The zero-order chi connectivity index (χ0) is 17.6. The summed E-state index contributed by atoms with van der Waals surface area (Å²) in [7, 11) is 0. The van der Waals surface area contributed by atoms with Crippen LogP contribution in [0.25, 0.3) is 0 Å². The van der Waals surface area contributed by atoms with E-state index in [1.165, 1.54) is 0 Å². The van der Waals surface area contributed by atoms with Crippen LogP contribution in [0.15, 0.2) is 12.3 Å². The van der Waals surface area contributed by atoms with E-state index in [2.05, 4.69) is 38.6 Å². The molecule has 0 aliphatic carbocycles.